The van der Waals surface area contributed by atoms with Crippen LogP contribution in [0.15, 0.2) is 11.1 Å². The molecule has 0 radical (unpaired) electrons. The number of hydrogen-bond donors (Lipinski definition) is 0. The lowest BCUT2D eigenvalue weighted by atomic mass is 10.1. The first kappa shape index (κ1) is 12.8. The van der Waals surface area contributed by atoms with Crippen molar-refractivity contribution >= 4 is 19.7 Å². The van der Waals surface area contributed by atoms with E-state index >= 15 is 0 Å². The van der Waals surface area contributed by atoms with E-state index in [1.54, 1.807) is 0 Å². The van der Waals surface area contributed by atoms with Crippen molar-refractivity contribution in [3.8, 4) is 6.07 Å². The lowest BCUT2D eigenvalue weighted by Gasteiger charge is -2.09. The van der Waals surface area contributed by atoms with Crippen molar-refractivity contribution in [1.29, 1.82) is 5.26 Å². The summed E-state index contributed by atoms with van der Waals surface area (Å²) in [5, 5.41) is 8.60. The van der Waals surface area contributed by atoms with Gasteiger partial charge in [-0.1, -0.05) is 0 Å². The van der Waals surface area contributed by atoms with E-state index in [2.05, 4.69) is 4.98 Å². The van der Waals surface area contributed by atoms with Gasteiger partial charge in [0, 0.05) is 22.4 Å². The zero-order chi connectivity index (χ0) is 12.5. The quantitative estimate of drug-likeness (QED) is 0.769. The van der Waals surface area contributed by atoms with Gasteiger partial charge in [0.15, 0.2) is 5.69 Å². The molecular formula is C8H5ClF2N2O2S. The van der Waals surface area contributed by atoms with Crippen LogP contribution in [-0.2, 0) is 9.05 Å². The highest BCUT2D eigenvalue weighted by Gasteiger charge is 2.28. The van der Waals surface area contributed by atoms with Gasteiger partial charge in [-0.2, -0.15) is 5.26 Å². The summed E-state index contributed by atoms with van der Waals surface area (Å²) < 4.78 is 47.6. The van der Waals surface area contributed by atoms with E-state index in [4.69, 9.17) is 15.9 Å². The molecule has 0 amide bonds. The largest absolute Gasteiger partial charge is 0.265 e. The van der Waals surface area contributed by atoms with Gasteiger partial charge < -0.3 is 0 Å². The average molecular weight is 267 g/mol. The third-order valence-electron chi connectivity index (χ3n) is 1.84. The van der Waals surface area contributed by atoms with Crippen LogP contribution in [-0.4, -0.2) is 13.4 Å². The highest BCUT2D eigenvalue weighted by atomic mass is 35.7. The van der Waals surface area contributed by atoms with E-state index in [9.17, 15) is 17.2 Å². The fraction of sp³-hybridized carbons (Fsp3) is 0.250. The molecule has 16 heavy (non-hydrogen) atoms. The topological polar surface area (TPSA) is 70.8 Å². The minimum absolute atomic E-state index is 0.0341. The molecular weight excluding hydrogens is 262 g/mol. The first-order chi connectivity index (χ1) is 7.29. The number of aryl methyl sites for hydroxylation is 1. The van der Waals surface area contributed by atoms with Crippen molar-refractivity contribution in [2.45, 2.75) is 18.2 Å². The van der Waals surface area contributed by atoms with Crippen LogP contribution in [0, 0.1) is 18.3 Å². The van der Waals surface area contributed by atoms with Gasteiger partial charge >= 0.3 is 0 Å². The maximum absolute atomic E-state index is 12.7. The Morgan fingerprint density at radius 1 is 1.56 bits per heavy atom. The van der Waals surface area contributed by atoms with Crippen molar-refractivity contribution in [1.82, 2.24) is 4.98 Å². The van der Waals surface area contributed by atoms with Crippen LogP contribution >= 0.6 is 10.7 Å². The van der Waals surface area contributed by atoms with Crippen molar-refractivity contribution in [3.63, 3.8) is 0 Å². The van der Waals surface area contributed by atoms with Gasteiger partial charge in [-0.15, -0.1) is 0 Å². The Bertz CT molecular complexity index is 566. The number of nitriles is 1. The van der Waals surface area contributed by atoms with Gasteiger partial charge in [-0.05, 0) is 12.5 Å². The van der Waals surface area contributed by atoms with Gasteiger partial charge in [0.2, 0.25) is 0 Å². The molecule has 1 rings (SSSR count). The summed E-state index contributed by atoms with van der Waals surface area (Å²) in [5.41, 5.74) is -1.44. The highest BCUT2D eigenvalue weighted by Crippen LogP contribution is 2.32. The van der Waals surface area contributed by atoms with E-state index < -0.39 is 31.6 Å². The smallest absolute Gasteiger partial charge is 0.244 e. The second kappa shape index (κ2) is 4.31. The molecule has 0 aliphatic carbocycles. The number of pyridine rings is 1. The Morgan fingerprint density at radius 2 is 2.12 bits per heavy atom. The number of alkyl halides is 2. The predicted octanol–water partition coefficient (Wildman–Crippen LogP) is 2.13. The van der Waals surface area contributed by atoms with Crippen LogP contribution in [0.3, 0.4) is 0 Å². The molecule has 0 unspecified atom stereocenters. The van der Waals surface area contributed by atoms with Crippen LogP contribution in [0.1, 0.15) is 23.2 Å². The Balaban J connectivity index is 3.79. The van der Waals surface area contributed by atoms with Crippen LogP contribution in [0.5, 0.6) is 0 Å². The molecule has 0 fully saturated rings. The summed E-state index contributed by atoms with van der Waals surface area (Å²) in [7, 11) is 0.575. The normalized spacial score (nSPS) is 11.5. The highest BCUT2D eigenvalue weighted by molar-refractivity contribution is 8.13. The molecule has 1 aromatic rings. The van der Waals surface area contributed by atoms with E-state index in [-0.39, 0.29) is 5.56 Å². The van der Waals surface area contributed by atoms with Gasteiger partial charge in [-0.3, -0.25) is 0 Å². The average Bonchev–Trinajstić information content (AvgIpc) is 2.15. The fourth-order valence-electron chi connectivity index (χ4n) is 1.19. The molecule has 0 spiro atoms. The standard InChI is InChI=1S/C8H5ClF2N2O2S/c1-4-3-13-5(2-12)7(16(9,14)15)6(4)8(10)11/h3,8H,1H3. The summed E-state index contributed by atoms with van der Waals surface area (Å²) >= 11 is 0. The first-order valence-corrected chi connectivity index (χ1v) is 6.22. The predicted molar refractivity (Wildman–Crippen MR) is 51.7 cm³/mol. The van der Waals surface area contributed by atoms with Crippen LogP contribution in [0.2, 0.25) is 0 Å². The molecule has 0 bridgehead atoms. The van der Waals surface area contributed by atoms with Crippen molar-refractivity contribution < 1.29 is 17.2 Å². The van der Waals surface area contributed by atoms with Crippen LogP contribution in [0.4, 0.5) is 8.78 Å². The maximum atomic E-state index is 12.7. The maximum Gasteiger partial charge on any atom is 0.265 e. The zero-order valence-electron chi connectivity index (χ0n) is 7.91. The Labute approximate surface area is 94.9 Å². The van der Waals surface area contributed by atoms with E-state index in [1.165, 1.54) is 13.0 Å². The lowest BCUT2D eigenvalue weighted by molar-refractivity contribution is 0.147. The molecule has 4 nitrogen and oxygen atoms in total. The minimum atomic E-state index is -4.44. The van der Waals surface area contributed by atoms with Gasteiger partial charge in [0.05, 0.1) is 0 Å². The molecule has 0 aromatic carbocycles. The van der Waals surface area contributed by atoms with Gasteiger partial charge in [0.1, 0.15) is 11.0 Å². The Hall–Kier alpha value is -1.26. The molecule has 1 heterocycles. The summed E-state index contributed by atoms with van der Waals surface area (Å²) in [5.74, 6) is 0. The molecule has 0 saturated heterocycles. The third-order valence-corrected chi connectivity index (χ3v) is 3.20. The van der Waals surface area contributed by atoms with E-state index in [0.717, 1.165) is 6.20 Å². The molecule has 1 aromatic heterocycles. The van der Waals surface area contributed by atoms with Gasteiger partial charge in [0.25, 0.3) is 15.5 Å². The second-order valence-electron chi connectivity index (χ2n) is 2.88. The Morgan fingerprint density at radius 3 is 2.50 bits per heavy atom. The number of rotatable bonds is 2. The minimum Gasteiger partial charge on any atom is -0.244 e. The van der Waals surface area contributed by atoms with Crippen LogP contribution in [0.25, 0.3) is 0 Å². The molecule has 0 aliphatic heterocycles. The monoisotopic (exact) mass is 266 g/mol. The first-order valence-electron chi connectivity index (χ1n) is 3.91. The fourth-order valence-corrected chi connectivity index (χ4v) is 2.50. The molecule has 0 saturated carbocycles. The summed E-state index contributed by atoms with van der Waals surface area (Å²) in [6.45, 7) is 1.27. The second-order valence-corrected chi connectivity index (χ2v) is 5.39. The molecule has 0 atom stereocenters. The molecule has 8 heteroatoms. The van der Waals surface area contributed by atoms with Crippen molar-refractivity contribution in [2.75, 3.05) is 0 Å². The number of aromatic nitrogens is 1. The number of halogens is 3. The number of nitrogens with zero attached hydrogens (tertiary/aromatic N) is 2. The van der Waals surface area contributed by atoms with Gasteiger partial charge in [-0.25, -0.2) is 22.2 Å². The lowest BCUT2D eigenvalue weighted by Crippen LogP contribution is -2.06. The van der Waals surface area contributed by atoms with Crippen molar-refractivity contribution in [3.05, 3.63) is 23.0 Å². The summed E-state index contributed by atoms with van der Waals surface area (Å²) in [6.07, 6.45) is -2.04. The number of hydrogen-bond acceptors (Lipinski definition) is 4. The Kier molecular flexibility index (Phi) is 3.45. The summed E-state index contributed by atoms with van der Waals surface area (Å²) in [4.78, 5) is 2.54. The van der Waals surface area contributed by atoms with E-state index in [1.807, 2.05) is 0 Å². The zero-order valence-corrected chi connectivity index (χ0v) is 9.48. The molecule has 0 aliphatic rings. The van der Waals surface area contributed by atoms with E-state index in [0.29, 0.717) is 0 Å². The summed E-state index contributed by atoms with van der Waals surface area (Å²) in [6, 6.07) is 1.42. The molecule has 86 valence electrons. The molecule has 0 N–H and O–H groups in total. The van der Waals surface area contributed by atoms with Crippen LogP contribution < -0.4 is 0 Å². The SMILES string of the molecule is Cc1cnc(C#N)c(S(=O)(=O)Cl)c1C(F)F. The van der Waals surface area contributed by atoms with Crippen molar-refractivity contribution in [2.24, 2.45) is 0 Å². The third kappa shape index (κ3) is 2.28.